The predicted molar refractivity (Wildman–Crippen MR) is 106 cm³/mol. The van der Waals surface area contributed by atoms with Gasteiger partial charge in [-0.3, -0.25) is 4.57 Å². The van der Waals surface area contributed by atoms with Crippen molar-refractivity contribution in [3.05, 3.63) is 75.5 Å². The Morgan fingerprint density at radius 2 is 1.54 bits per heavy atom. The molecule has 1 N–H and O–H groups in total. The van der Waals surface area contributed by atoms with Crippen molar-refractivity contribution in [1.29, 1.82) is 0 Å². The molecule has 3 rings (SSSR count). The van der Waals surface area contributed by atoms with Crippen molar-refractivity contribution in [1.82, 2.24) is 14.5 Å². The zero-order chi connectivity index (χ0) is 18.7. The molecule has 0 amide bonds. The minimum Gasteiger partial charge on any atom is -0.323 e. The molecule has 0 saturated carbocycles. The van der Waals surface area contributed by atoms with Crippen LogP contribution in [-0.4, -0.2) is 14.5 Å². The summed E-state index contributed by atoms with van der Waals surface area (Å²) in [5.74, 6) is 0.327. The minimum absolute atomic E-state index is 0.327. The van der Waals surface area contributed by atoms with Crippen molar-refractivity contribution in [2.75, 3.05) is 5.32 Å². The van der Waals surface area contributed by atoms with Crippen molar-refractivity contribution >= 4 is 11.6 Å². The fourth-order valence-electron chi connectivity index (χ4n) is 3.25. The van der Waals surface area contributed by atoms with Crippen LogP contribution in [0.2, 0.25) is 0 Å². The first kappa shape index (κ1) is 17.9. The number of nitrogens with zero attached hydrogens (tertiary/aromatic N) is 3. The molecule has 0 aliphatic rings. The summed E-state index contributed by atoms with van der Waals surface area (Å²) >= 11 is 0. The Morgan fingerprint density at radius 1 is 0.962 bits per heavy atom. The summed E-state index contributed by atoms with van der Waals surface area (Å²) in [6.07, 6.45) is 3.35. The summed E-state index contributed by atoms with van der Waals surface area (Å²) in [6.45, 7) is 8.18. The number of aromatic nitrogens is 3. The van der Waals surface area contributed by atoms with Gasteiger partial charge in [-0.2, -0.15) is 4.98 Å². The highest BCUT2D eigenvalue weighted by Gasteiger charge is 2.11. The number of hydrogen-bond donors (Lipinski definition) is 1. The second-order valence-corrected chi connectivity index (χ2v) is 6.36. The lowest BCUT2D eigenvalue weighted by Gasteiger charge is -2.15. The number of anilines is 2. The topological polar surface area (TPSA) is 59.8 Å². The molecule has 1 heterocycles. The van der Waals surface area contributed by atoms with E-state index in [0.29, 0.717) is 5.95 Å². The first-order chi connectivity index (χ1) is 12.5. The smallest absolute Gasteiger partial charge is 0.323 e. The fourth-order valence-corrected chi connectivity index (χ4v) is 3.25. The van der Waals surface area contributed by atoms with Crippen LogP contribution in [0.25, 0.3) is 5.69 Å². The highest BCUT2D eigenvalue weighted by Crippen LogP contribution is 2.25. The molecule has 2 aromatic carbocycles. The molecule has 134 valence electrons. The van der Waals surface area contributed by atoms with E-state index in [-0.39, 0.29) is 5.69 Å². The molecular weight excluding hydrogens is 324 g/mol. The van der Waals surface area contributed by atoms with Crippen LogP contribution in [0.4, 0.5) is 11.6 Å². The lowest BCUT2D eigenvalue weighted by Crippen LogP contribution is -2.24. The van der Waals surface area contributed by atoms with Gasteiger partial charge in [0, 0.05) is 5.69 Å². The molecule has 0 saturated heterocycles. The molecule has 0 radical (unpaired) electrons. The molecule has 5 nitrogen and oxygen atoms in total. The summed E-state index contributed by atoms with van der Waals surface area (Å²) in [4.78, 5) is 21.2. The van der Waals surface area contributed by atoms with E-state index in [2.05, 4.69) is 47.3 Å². The minimum atomic E-state index is -0.341. The Bertz CT molecular complexity index is 949. The molecular formula is C21H24N4O. The summed E-state index contributed by atoms with van der Waals surface area (Å²) < 4.78 is 1.50. The van der Waals surface area contributed by atoms with E-state index in [1.807, 2.05) is 32.0 Å². The van der Waals surface area contributed by atoms with Crippen molar-refractivity contribution in [2.45, 2.75) is 40.5 Å². The number of rotatable bonds is 5. The van der Waals surface area contributed by atoms with Crippen LogP contribution < -0.4 is 11.0 Å². The Hall–Kier alpha value is -2.95. The van der Waals surface area contributed by atoms with E-state index in [1.165, 1.54) is 15.7 Å². The van der Waals surface area contributed by atoms with Gasteiger partial charge in [-0.25, -0.2) is 9.78 Å². The fraction of sp³-hybridized carbons (Fsp3) is 0.286. The molecule has 0 fully saturated rings. The molecule has 1 aromatic heterocycles. The van der Waals surface area contributed by atoms with Gasteiger partial charge in [-0.15, -0.1) is 0 Å². The molecule has 0 aliphatic heterocycles. The van der Waals surface area contributed by atoms with E-state index in [4.69, 9.17) is 0 Å². The van der Waals surface area contributed by atoms with Gasteiger partial charge in [0.25, 0.3) is 0 Å². The summed E-state index contributed by atoms with van der Waals surface area (Å²) in [5.41, 5.74) is 5.90. The van der Waals surface area contributed by atoms with Crippen LogP contribution in [0, 0.1) is 13.8 Å². The molecule has 26 heavy (non-hydrogen) atoms. The third-order valence-corrected chi connectivity index (χ3v) is 4.62. The maximum absolute atomic E-state index is 12.6. The van der Waals surface area contributed by atoms with Crippen molar-refractivity contribution < 1.29 is 0 Å². The highest BCUT2D eigenvalue weighted by atomic mass is 16.1. The summed E-state index contributed by atoms with van der Waals surface area (Å²) in [7, 11) is 0. The molecule has 0 aliphatic carbocycles. The Balaban J connectivity index is 2.01. The van der Waals surface area contributed by atoms with Gasteiger partial charge in [0.05, 0.1) is 5.69 Å². The van der Waals surface area contributed by atoms with Crippen molar-refractivity contribution in [3.63, 3.8) is 0 Å². The van der Waals surface area contributed by atoms with Crippen LogP contribution in [0.3, 0.4) is 0 Å². The Labute approximate surface area is 153 Å². The maximum atomic E-state index is 12.6. The van der Waals surface area contributed by atoms with E-state index >= 15 is 0 Å². The largest absolute Gasteiger partial charge is 0.356 e. The first-order valence-electron chi connectivity index (χ1n) is 8.95. The van der Waals surface area contributed by atoms with Gasteiger partial charge in [0.2, 0.25) is 5.95 Å². The van der Waals surface area contributed by atoms with Crippen LogP contribution >= 0.6 is 0 Å². The number of para-hydroxylation sites is 2. The third kappa shape index (κ3) is 3.38. The second kappa shape index (κ2) is 7.52. The summed E-state index contributed by atoms with van der Waals surface area (Å²) in [6, 6.07) is 12.2. The molecule has 3 aromatic rings. The van der Waals surface area contributed by atoms with Gasteiger partial charge >= 0.3 is 5.69 Å². The summed E-state index contributed by atoms with van der Waals surface area (Å²) in [5, 5.41) is 3.26. The number of aryl methyl sites for hydroxylation is 4. The van der Waals surface area contributed by atoms with Gasteiger partial charge in [-0.1, -0.05) is 50.2 Å². The van der Waals surface area contributed by atoms with E-state index in [1.54, 1.807) is 6.33 Å². The van der Waals surface area contributed by atoms with Crippen LogP contribution in [0.5, 0.6) is 0 Å². The molecule has 0 unspecified atom stereocenters. The number of nitrogens with one attached hydrogen (secondary N) is 1. The van der Waals surface area contributed by atoms with Crippen LogP contribution in [0.15, 0.2) is 47.5 Å². The standard InChI is InChI=1S/C21H24N4O/c1-5-16-11-8-12-17(6-2)18(16)23-20-22-13-25(21(26)24-20)19-14(3)9-7-10-15(19)4/h7-13H,5-6H2,1-4H3,(H,23,24,26). The van der Waals surface area contributed by atoms with Crippen molar-refractivity contribution in [3.8, 4) is 5.69 Å². The molecule has 0 atom stereocenters. The predicted octanol–water partition coefficient (Wildman–Crippen LogP) is 4.11. The Kier molecular flexibility index (Phi) is 5.16. The van der Waals surface area contributed by atoms with Gasteiger partial charge < -0.3 is 5.32 Å². The maximum Gasteiger partial charge on any atom is 0.356 e. The van der Waals surface area contributed by atoms with E-state index in [0.717, 1.165) is 35.3 Å². The zero-order valence-corrected chi connectivity index (χ0v) is 15.7. The van der Waals surface area contributed by atoms with Crippen molar-refractivity contribution in [2.24, 2.45) is 0 Å². The van der Waals surface area contributed by atoms with E-state index < -0.39 is 0 Å². The van der Waals surface area contributed by atoms with E-state index in [9.17, 15) is 4.79 Å². The molecule has 0 bridgehead atoms. The van der Waals surface area contributed by atoms with Gasteiger partial charge in [0.1, 0.15) is 6.33 Å². The SMILES string of the molecule is CCc1cccc(CC)c1Nc1ncn(-c2c(C)cccc2C)c(=O)n1. The Morgan fingerprint density at radius 3 is 2.08 bits per heavy atom. The van der Waals surface area contributed by atoms with Crippen LogP contribution in [-0.2, 0) is 12.8 Å². The molecule has 5 heteroatoms. The average molecular weight is 348 g/mol. The van der Waals surface area contributed by atoms with Crippen LogP contribution in [0.1, 0.15) is 36.1 Å². The normalized spacial score (nSPS) is 10.8. The lowest BCUT2D eigenvalue weighted by molar-refractivity contribution is 0.852. The number of hydrogen-bond acceptors (Lipinski definition) is 4. The third-order valence-electron chi connectivity index (χ3n) is 4.62. The zero-order valence-electron chi connectivity index (χ0n) is 15.7. The van der Waals surface area contributed by atoms with Gasteiger partial charge in [0.15, 0.2) is 0 Å². The lowest BCUT2D eigenvalue weighted by atomic mass is 10.0. The van der Waals surface area contributed by atoms with Gasteiger partial charge in [-0.05, 0) is 48.9 Å². The quantitative estimate of drug-likeness (QED) is 0.754. The molecule has 0 spiro atoms. The average Bonchev–Trinajstić information content (AvgIpc) is 2.63. The highest BCUT2D eigenvalue weighted by molar-refractivity contribution is 5.63. The first-order valence-corrected chi connectivity index (χ1v) is 8.95. The monoisotopic (exact) mass is 348 g/mol. The number of benzene rings is 2. The second-order valence-electron chi connectivity index (χ2n) is 6.36.